The second kappa shape index (κ2) is 7.37. The Bertz CT molecular complexity index is 969. The van der Waals surface area contributed by atoms with Crippen LogP contribution >= 0.6 is 11.6 Å². The number of halogens is 1. The Balaban J connectivity index is 1.43. The summed E-state index contributed by atoms with van der Waals surface area (Å²) < 4.78 is 1.95. The van der Waals surface area contributed by atoms with Gasteiger partial charge in [-0.2, -0.15) is 0 Å². The third kappa shape index (κ3) is 3.73. The highest BCUT2D eigenvalue weighted by atomic mass is 35.5. The van der Waals surface area contributed by atoms with Gasteiger partial charge in [-0.05, 0) is 30.7 Å². The van der Waals surface area contributed by atoms with Crippen LogP contribution in [0, 0.1) is 6.92 Å². The molecule has 0 unspecified atom stereocenters. The molecule has 1 saturated heterocycles. The summed E-state index contributed by atoms with van der Waals surface area (Å²) in [6, 6.07) is 16.4. The Hall–Kier alpha value is -2.30. The van der Waals surface area contributed by atoms with Gasteiger partial charge in [-0.3, -0.25) is 9.69 Å². The maximum atomic E-state index is 13.0. The lowest BCUT2D eigenvalue weighted by Gasteiger charge is -2.34. The molecule has 1 aliphatic heterocycles. The Labute approximate surface area is 164 Å². The highest BCUT2D eigenvalue weighted by molar-refractivity contribution is 6.31. The molecule has 0 N–H and O–H groups in total. The number of benzene rings is 2. The average molecular weight is 382 g/mol. The summed E-state index contributed by atoms with van der Waals surface area (Å²) in [7, 11) is 1.93. The fourth-order valence-corrected chi connectivity index (χ4v) is 3.90. The van der Waals surface area contributed by atoms with Gasteiger partial charge in [-0.25, -0.2) is 0 Å². The summed E-state index contributed by atoms with van der Waals surface area (Å²) in [6.07, 6.45) is 0. The number of fused-ring (bicyclic) bond motifs is 1. The van der Waals surface area contributed by atoms with Crippen molar-refractivity contribution < 1.29 is 4.79 Å². The van der Waals surface area contributed by atoms with E-state index in [4.69, 9.17) is 11.6 Å². The van der Waals surface area contributed by atoms with Gasteiger partial charge in [-0.15, -0.1) is 0 Å². The fourth-order valence-electron chi connectivity index (χ4n) is 3.73. The molecule has 4 rings (SSSR count). The number of hydrogen-bond donors (Lipinski definition) is 0. The quantitative estimate of drug-likeness (QED) is 0.683. The van der Waals surface area contributed by atoms with E-state index in [1.54, 1.807) is 0 Å². The third-order valence-corrected chi connectivity index (χ3v) is 5.65. The molecule has 0 atom stereocenters. The van der Waals surface area contributed by atoms with Crippen molar-refractivity contribution in [2.75, 3.05) is 26.2 Å². The second-order valence-electron chi connectivity index (χ2n) is 7.35. The Kier molecular flexibility index (Phi) is 4.94. The van der Waals surface area contributed by atoms with Crippen LogP contribution in [0.2, 0.25) is 5.02 Å². The molecule has 5 heteroatoms. The van der Waals surface area contributed by atoms with Crippen LogP contribution in [-0.4, -0.2) is 46.5 Å². The molecule has 0 aliphatic carbocycles. The minimum absolute atomic E-state index is 0.0970. The van der Waals surface area contributed by atoms with Crippen LogP contribution in [0.3, 0.4) is 0 Å². The molecule has 1 fully saturated rings. The first kappa shape index (κ1) is 18.1. The van der Waals surface area contributed by atoms with E-state index in [9.17, 15) is 4.79 Å². The van der Waals surface area contributed by atoms with Crippen molar-refractivity contribution in [1.29, 1.82) is 0 Å². The molecule has 0 spiro atoms. The van der Waals surface area contributed by atoms with E-state index < -0.39 is 0 Å². The van der Waals surface area contributed by atoms with Gasteiger partial charge in [0.2, 0.25) is 0 Å². The molecule has 27 heavy (non-hydrogen) atoms. The Morgan fingerprint density at radius 3 is 2.41 bits per heavy atom. The highest BCUT2D eigenvalue weighted by Gasteiger charge is 2.24. The van der Waals surface area contributed by atoms with E-state index in [1.165, 1.54) is 11.1 Å². The number of carbonyl (C=O) groups excluding carboxylic acids is 1. The van der Waals surface area contributed by atoms with Gasteiger partial charge in [0.25, 0.3) is 5.91 Å². The summed E-state index contributed by atoms with van der Waals surface area (Å²) in [5.74, 6) is 0.0970. The molecule has 2 aromatic carbocycles. The van der Waals surface area contributed by atoms with Gasteiger partial charge in [0.1, 0.15) is 5.69 Å². The SMILES string of the molecule is Cc1ccc(CN2CCN(C(=O)c3cc4ccc(Cl)cc4n3C)CC2)cc1. The largest absolute Gasteiger partial charge is 0.340 e. The van der Waals surface area contributed by atoms with Crippen LogP contribution in [0.5, 0.6) is 0 Å². The van der Waals surface area contributed by atoms with E-state index in [0.717, 1.165) is 49.3 Å². The lowest BCUT2D eigenvalue weighted by molar-refractivity contribution is 0.0619. The van der Waals surface area contributed by atoms with Crippen LogP contribution in [0.15, 0.2) is 48.5 Å². The van der Waals surface area contributed by atoms with Gasteiger partial charge in [0.05, 0.1) is 0 Å². The molecule has 0 radical (unpaired) electrons. The average Bonchev–Trinajstić information content (AvgIpc) is 3.00. The summed E-state index contributed by atoms with van der Waals surface area (Å²) in [5.41, 5.74) is 4.32. The smallest absolute Gasteiger partial charge is 0.270 e. The van der Waals surface area contributed by atoms with Crippen molar-refractivity contribution in [2.45, 2.75) is 13.5 Å². The van der Waals surface area contributed by atoms with Crippen molar-refractivity contribution in [3.8, 4) is 0 Å². The number of nitrogens with zero attached hydrogens (tertiary/aromatic N) is 3. The second-order valence-corrected chi connectivity index (χ2v) is 7.78. The number of carbonyl (C=O) groups is 1. The maximum absolute atomic E-state index is 13.0. The zero-order valence-electron chi connectivity index (χ0n) is 15.8. The van der Waals surface area contributed by atoms with Crippen molar-refractivity contribution >= 4 is 28.4 Å². The third-order valence-electron chi connectivity index (χ3n) is 5.41. The van der Waals surface area contributed by atoms with Gasteiger partial charge in [0, 0.05) is 55.7 Å². The van der Waals surface area contributed by atoms with Crippen LogP contribution in [0.4, 0.5) is 0 Å². The van der Waals surface area contributed by atoms with Crippen molar-refractivity contribution in [2.24, 2.45) is 7.05 Å². The van der Waals surface area contributed by atoms with E-state index in [2.05, 4.69) is 36.1 Å². The summed E-state index contributed by atoms with van der Waals surface area (Å²) >= 11 is 6.11. The maximum Gasteiger partial charge on any atom is 0.270 e. The zero-order chi connectivity index (χ0) is 19.0. The number of piperazine rings is 1. The molecule has 2 heterocycles. The highest BCUT2D eigenvalue weighted by Crippen LogP contribution is 2.24. The van der Waals surface area contributed by atoms with Crippen LogP contribution in [0.1, 0.15) is 21.6 Å². The van der Waals surface area contributed by atoms with E-state index in [1.807, 2.05) is 40.8 Å². The summed E-state index contributed by atoms with van der Waals surface area (Å²) in [6.45, 7) is 6.36. The molecule has 0 bridgehead atoms. The number of hydrogen-bond acceptors (Lipinski definition) is 2. The Morgan fingerprint density at radius 1 is 1.00 bits per heavy atom. The normalized spacial score (nSPS) is 15.4. The topological polar surface area (TPSA) is 28.5 Å². The van der Waals surface area contributed by atoms with Crippen molar-refractivity contribution in [3.63, 3.8) is 0 Å². The number of rotatable bonds is 3. The van der Waals surface area contributed by atoms with Crippen LogP contribution in [0.25, 0.3) is 10.9 Å². The summed E-state index contributed by atoms with van der Waals surface area (Å²) in [4.78, 5) is 17.4. The summed E-state index contributed by atoms with van der Waals surface area (Å²) in [5, 5.41) is 1.73. The monoisotopic (exact) mass is 381 g/mol. The molecular weight excluding hydrogens is 358 g/mol. The zero-order valence-corrected chi connectivity index (χ0v) is 16.5. The first-order valence-electron chi connectivity index (χ1n) is 9.33. The number of aromatic nitrogens is 1. The standard InChI is InChI=1S/C22H24ClN3O/c1-16-3-5-17(6-4-16)15-25-9-11-26(12-10-25)22(27)21-13-18-7-8-19(23)14-20(18)24(21)2/h3-8,13-14H,9-12,15H2,1-2H3. The first-order chi connectivity index (χ1) is 13.0. The number of amides is 1. The fraction of sp³-hybridized carbons (Fsp3) is 0.318. The minimum Gasteiger partial charge on any atom is -0.340 e. The van der Waals surface area contributed by atoms with Crippen molar-refractivity contribution in [3.05, 3.63) is 70.4 Å². The Morgan fingerprint density at radius 2 is 1.70 bits per heavy atom. The molecule has 4 nitrogen and oxygen atoms in total. The van der Waals surface area contributed by atoms with Crippen LogP contribution < -0.4 is 0 Å². The van der Waals surface area contributed by atoms with E-state index in [0.29, 0.717) is 5.02 Å². The van der Waals surface area contributed by atoms with Crippen LogP contribution in [-0.2, 0) is 13.6 Å². The molecule has 1 amide bonds. The number of aryl methyl sites for hydroxylation is 2. The molecule has 1 aliphatic rings. The van der Waals surface area contributed by atoms with Gasteiger partial charge >= 0.3 is 0 Å². The molecule has 0 saturated carbocycles. The van der Waals surface area contributed by atoms with Gasteiger partial charge in [-0.1, -0.05) is 47.5 Å². The lowest BCUT2D eigenvalue weighted by Crippen LogP contribution is -2.48. The first-order valence-corrected chi connectivity index (χ1v) is 9.71. The molecule has 1 aromatic heterocycles. The van der Waals surface area contributed by atoms with Crippen molar-refractivity contribution in [1.82, 2.24) is 14.4 Å². The minimum atomic E-state index is 0.0970. The lowest BCUT2D eigenvalue weighted by atomic mass is 10.1. The predicted octanol–water partition coefficient (Wildman–Crippen LogP) is 4.10. The van der Waals surface area contributed by atoms with E-state index >= 15 is 0 Å². The molecular formula is C22H24ClN3O. The predicted molar refractivity (Wildman–Crippen MR) is 110 cm³/mol. The van der Waals surface area contributed by atoms with Gasteiger partial charge < -0.3 is 9.47 Å². The van der Waals surface area contributed by atoms with Gasteiger partial charge in [0.15, 0.2) is 0 Å². The molecule has 140 valence electrons. The molecule has 3 aromatic rings. The van der Waals surface area contributed by atoms with E-state index in [-0.39, 0.29) is 5.91 Å².